The molecule has 1 aliphatic rings. The maximum Gasteiger partial charge on any atom is 0.0596 e. The molecule has 0 aromatic heterocycles. The molecule has 1 N–H and O–H groups in total. The van der Waals surface area contributed by atoms with Crippen LogP contribution < -0.4 is 0 Å². The zero-order chi connectivity index (χ0) is 14.7. The van der Waals surface area contributed by atoms with Crippen LogP contribution in [0.1, 0.15) is 23.5 Å². The van der Waals surface area contributed by atoms with E-state index in [4.69, 9.17) is 0 Å². The van der Waals surface area contributed by atoms with Gasteiger partial charge in [-0.1, -0.05) is 48.0 Å². The van der Waals surface area contributed by atoms with Gasteiger partial charge in [0.1, 0.15) is 0 Å². The molecular formula is C18H21NOS. The largest absolute Gasteiger partial charge is 0.395 e. The zero-order valence-corrected chi connectivity index (χ0v) is 13.1. The molecule has 0 radical (unpaired) electrons. The third-order valence-electron chi connectivity index (χ3n) is 4.09. The molecule has 2 aromatic carbocycles. The van der Waals surface area contributed by atoms with Crippen LogP contribution in [0.2, 0.25) is 0 Å². The zero-order valence-electron chi connectivity index (χ0n) is 12.3. The van der Waals surface area contributed by atoms with E-state index in [1.54, 1.807) is 11.9 Å². The van der Waals surface area contributed by atoms with E-state index in [0.29, 0.717) is 5.92 Å². The molecule has 1 aliphatic heterocycles. The highest BCUT2D eigenvalue weighted by atomic mass is 32.2. The summed E-state index contributed by atoms with van der Waals surface area (Å²) in [6, 6.07) is 19.5. The fourth-order valence-corrected chi connectivity index (χ4v) is 3.95. The summed E-state index contributed by atoms with van der Waals surface area (Å²) in [5.41, 5.74) is 2.66. The minimum atomic E-state index is 0.224. The minimum Gasteiger partial charge on any atom is -0.395 e. The van der Waals surface area contributed by atoms with Crippen molar-refractivity contribution in [3.63, 3.8) is 0 Å². The predicted molar refractivity (Wildman–Crippen MR) is 88.4 cm³/mol. The van der Waals surface area contributed by atoms with Gasteiger partial charge in [0.15, 0.2) is 0 Å². The van der Waals surface area contributed by atoms with Crippen molar-refractivity contribution in [1.82, 2.24) is 4.31 Å². The Labute approximate surface area is 130 Å². The first-order valence-electron chi connectivity index (χ1n) is 7.43. The lowest BCUT2D eigenvalue weighted by Gasteiger charge is -2.21. The molecule has 0 amide bonds. The Hall–Kier alpha value is -1.29. The van der Waals surface area contributed by atoms with Crippen LogP contribution in [-0.2, 0) is 0 Å². The SMILES string of the molecule is Cc1ccc(SN2CC(c3ccccc3)CC2CO)cc1. The van der Waals surface area contributed by atoms with Crippen LogP contribution in [0.15, 0.2) is 59.5 Å². The quantitative estimate of drug-likeness (QED) is 0.867. The Kier molecular flexibility index (Phi) is 4.63. The van der Waals surface area contributed by atoms with Crippen LogP contribution >= 0.6 is 11.9 Å². The Morgan fingerprint density at radius 2 is 1.81 bits per heavy atom. The molecule has 2 nitrogen and oxygen atoms in total. The summed E-state index contributed by atoms with van der Waals surface area (Å²) in [6.07, 6.45) is 1.03. The van der Waals surface area contributed by atoms with E-state index < -0.39 is 0 Å². The molecule has 21 heavy (non-hydrogen) atoms. The number of aliphatic hydroxyl groups is 1. The summed E-state index contributed by atoms with van der Waals surface area (Å²) in [5.74, 6) is 0.515. The number of hydrogen-bond donors (Lipinski definition) is 1. The molecule has 0 aliphatic carbocycles. The fourth-order valence-electron chi connectivity index (χ4n) is 2.87. The Balaban J connectivity index is 1.71. The predicted octanol–water partition coefficient (Wildman–Crippen LogP) is 3.85. The van der Waals surface area contributed by atoms with Gasteiger partial charge in [-0.3, -0.25) is 0 Å². The average Bonchev–Trinajstić information content (AvgIpc) is 2.93. The summed E-state index contributed by atoms with van der Waals surface area (Å²) in [6.45, 7) is 3.32. The van der Waals surface area contributed by atoms with Crippen molar-refractivity contribution in [2.45, 2.75) is 30.2 Å². The third kappa shape index (κ3) is 3.49. The maximum absolute atomic E-state index is 9.67. The van der Waals surface area contributed by atoms with Gasteiger partial charge in [0.2, 0.25) is 0 Å². The normalized spacial score (nSPS) is 22.6. The van der Waals surface area contributed by atoms with Crippen molar-refractivity contribution >= 4 is 11.9 Å². The highest BCUT2D eigenvalue weighted by Gasteiger charge is 2.33. The number of rotatable bonds is 4. The first-order valence-corrected chi connectivity index (χ1v) is 8.20. The van der Waals surface area contributed by atoms with Crippen LogP contribution in [0, 0.1) is 6.92 Å². The van der Waals surface area contributed by atoms with Crippen LogP contribution in [0.3, 0.4) is 0 Å². The first kappa shape index (κ1) is 14.6. The minimum absolute atomic E-state index is 0.224. The molecule has 2 atom stereocenters. The number of aryl methyl sites for hydroxylation is 1. The molecule has 2 aromatic rings. The van der Waals surface area contributed by atoms with Gasteiger partial charge in [0.05, 0.1) is 6.61 Å². The molecule has 1 heterocycles. The summed E-state index contributed by atoms with van der Waals surface area (Å²) in [5, 5.41) is 9.67. The smallest absolute Gasteiger partial charge is 0.0596 e. The molecule has 1 fully saturated rings. The highest BCUT2D eigenvalue weighted by Crippen LogP contribution is 2.38. The van der Waals surface area contributed by atoms with Gasteiger partial charge >= 0.3 is 0 Å². The molecule has 0 bridgehead atoms. The molecule has 0 spiro atoms. The molecule has 2 unspecified atom stereocenters. The number of nitrogens with zero attached hydrogens (tertiary/aromatic N) is 1. The van der Waals surface area contributed by atoms with Gasteiger partial charge in [-0.2, -0.15) is 0 Å². The van der Waals surface area contributed by atoms with Crippen molar-refractivity contribution in [2.24, 2.45) is 0 Å². The van der Waals surface area contributed by atoms with E-state index in [0.717, 1.165) is 13.0 Å². The van der Waals surface area contributed by atoms with Crippen LogP contribution in [0.5, 0.6) is 0 Å². The molecule has 0 saturated carbocycles. The lowest BCUT2D eigenvalue weighted by molar-refractivity contribution is 0.221. The van der Waals surface area contributed by atoms with E-state index in [-0.39, 0.29) is 12.6 Å². The molecule has 3 rings (SSSR count). The van der Waals surface area contributed by atoms with Gasteiger partial charge in [0.25, 0.3) is 0 Å². The van der Waals surface area contributed by atoms with Crippen molar-refractivity contribution in [2.75, 3.05) is 13.2 Å². The van der Waals surface area contributed by atoms with Gasteiger partial charge in [0, 0.05) is 17.5 Å². The lowest BCUT2D eigenvalue weighted by Crippen LogP contribution is -2.25. The standard InChI is InChI=1S/C18H21NOS/c1-14-7-9-18(10-8-14)21-19-12-16(11-17(19)13-20)15-5-3-2-4-6-15/h2-10,16-17,20H,11-13H2,1H3. The second kappa shape index (κ2) is 6.65. The summed E-state index contributed by atoms with van der Waals surface area (Å²) in [4.78, 5) is 1.24. The molecule has 110 valence electrons. The summed E-state index contributed by atoms with van der Waals surface area (Å²) >= 11 is 1.76. The van der Waals surface area contributed by atoms with Crippen molar-refractivity contribution in [3.8, 4) is 0 Å². The molecular weight excluding hydrogens is 278 g/mol. The number of hydrogen-bond acceptors (Lipinski definition) is 3. The van der Waals surface area contributed by atoms with Crippen LogP contribution in [-0.4, -0.2) is 28.6 Å². The average molecular weight is 299 g/mol. The van der Waals surface area contributed by atoms with E-state index in [1.807, 2.05) is 0 Å². The first-order chi connectivity index (χ1) is 10.3. The Morgan fingerprint density at radius 1 is 1.10 bits per heavy atom. The Morgan fingerprint density at radius 3 is 2.48 bits per heavy atom. The monoisotopic (exact) mass is 299 g/mol. The van der Waals surface area contributed by atoms with Crippen molar-refractivity contribution < 1.29 is 5.11 Å². The maximum atomic E-state index is 9.67. The Bertz CT molecular complexity index is 570. The van der Waals surface area contributed by atoms with Gasteiger partial charge in [-0.05, 0) is 48.9 Å². The molecule has 3 heteroatoms. The second-order valence-electron chi connectivity index (χ2n) is 5.68. The van der Waals surface area contributed by atoms with Crippen LogP contribution in [0.4, 0.5) is 0 Å². The third-order valence-corrected chi connectivity index (χ3v) is 5.25. The van der Waals surface area contributed by atoms with Gasteiger partial charge in [-0.25, -0.2) is 4.31 Å². The van der Waals surface area contributed by atoms with Gasteiger partial charge < -0.3 is 5.11 Å². The fraction of sp³-hybridized carbons (Fsp3) is 0.333. The summed E-state index contributed by atoms with van der Waals surface area (Å²) in [7, 11) is 0. The van der Waals surface area contributed by atoms with E-state index in [2.05, 4.69) is 65.8 Å². The van der Waals surface area contributed by atoms with Crippen molar-refractivity contribution in [3.05, 3.63) is 65.7 Å². The van der Waals surface area contributed by atoms with Gasteiger partial charge in [-0.15, -0.1) is 0 Å². The number of aliphatic hydroxyl groups excluding tert-OH is 1. The summed E-state index contributed by atoms with van der Waals surface area (Å²) < 4.78 is 2.34. The van der Waals surface area contributed by atoms with E-state index in [1.165, 1.54) is 16.0 Å². The van der Waals surface area contributed by atoms with E-state index in [9.17, 15) is 5.11 Å². The number of benzene rings is 2. The van der Waals surface area contributed by atoms with E-state index >= 15 is 0 Å². The van der Waals surface area contributed by atoms with Crippen LogP contribution in [0.25, 0.3) is 0 Å². The van der Waals surface area contributed by atoms with Crippen molar-refractivity contribution in [1.29, 1.82) is 0 Å². The lowest BCUT2D eigenvalue weighted by atomic mass is 9.97. The second-order valence-corrected chi connectivity index (χ2v) is 6.81. The highest BCUT2D eigenvalue weighted by molar-refractivity contribution is 7.97. The topological polar surface area (TPSA) is 23.5 Å². The molecule has 1 saturated heterocycles.